The van der Waals surface area contributed by atoms with Gasteiger partial charge in [-0.2, -0.15) is 0 Å². The number of nitrogens with one attached hydrogen (secondary N) is 2. The smallest absolute Gasteiger partial charge is 0.320 e. The summed E-state index contributed by atoms with van der Waals surface area (Å²) in [6, 6.07) is 17.7. The normalized spacial score (nSPS) is 17.0. The van der Waals surface area contributed by atoms with Crippen molar-refractivity contribution in [2.75, 3.05) is 62.7 Å². The van der Waals surface area contributed by atoms with Gasteiger partial charge in [0.1, 0.15) is 0 Å². The second-order valence-corrected chi connectivity index (χ2v) is 10.7. The van der Waals surface area contributed by atoms with Crippen LogP contribution in [0.25, 0.3) is 10.4 Å². The number of urea groups is 1. The molecular weight excluding hydrogens is 484 g/mol. The molecule has 8 nitrogen and oxygen atoms in total. The number of amides is 3. The van der Waals surface area contributed by atoms with Gasteiger partial charge >= 0.3 is 6.03 Å². The monoisotopic (exact) mass is 518 g/mol. The molecule has 194 valence electrons. The van der Waals surface area contributed by atoms with E-state index in [2.05, 4.69) is 22.6 Å². The first-order valence-electron chi connectivity index (χ1n) is 12.8. The molecule has 0 atom stereocenters. The lowest BCUT2D eigenvalue weighted by molar-refractivity contribution is 0.102. The number of hydrogen-bond donors (Lipinski definition) is 3. The van der Waals surface area contributed by atoms with E-state index in [1.54, 1.807) is 11.3 Å². The molecule has 37 heavy (non-hydrogen) atoms. The fourth-order valence-corrected chi connectivity index (χ4v) is 5.55. The molecule has 0 radical (unpaired) electrons. The summed E-state index contributed by atoms with van der Waals surface area (Å²) in [4.78, 5) is 33.1. The highest BCUT2D eigenvalue weighted by Gasteiger charge is 2.28. The number of hydrogen-bond acceptors (Lipinski definition) is 6. The maximum Gasteiger partial charge on any atom is 0.320 e. The Labute approximate surface area is 222 Å². The number of rotatable bonds is 5. The number of anilines is 3. The van der Waals surface area contributed by atoms with Gasteiger partial charge in [0, 0.05) is 61.4 Å². The van der Waals surface area contributed by atoms with Gasteiger partial charge in [-0.15, -0.1) is 11.3 Å². The van der Waals surface area contributed by atoms with Gasteiger partial charge in [0.15, 0.2) is 0 Å². The van der Waals surface area contributed by atoms with Crippen LogP contribution >= 0.6 is 11.3 Å². The van der Waals surface area contributed by atoms with E-state index in [1.165, 1.54) is 0 Å². The maximum absolute atomic E-state index is 12.9. The Bertz CT molecular complexity index is 1210. The van der Waals surface area contributed by atoms with Crippen LogP contribution in [0.5, 0.6) is 0 Å². The zero-order valence-electron chi connectivity index (χ0n) is 21.2. The third-order valence-corrected chi connectivity index (χ3v) is 8.08. The first kappa shape index (κ1) is 25.1. The molecule has 4 N–H and O–H groups in total. The number of nitrogen functional groups attached to an aromatic ring is 1. The number of thiophene rings is 1. The molecule has 2 aliphatic heterocycles. The van der Waals surface area contributed by atoms with Crippen LogP contribution in [0.15, 0.2) is 60.0 Å². The lowest BCUT2D eigenvalue weighted by Gasteiger charge is -2.39. The van der Waals surface area contributed by atoms with E-state index in [0.717, 1.165) is 68.2 Å². The highest BCUT2D eigenvalue weighted by molar-refractivity contribution is 7.13. The van der Waals surface area contributed by atoms with Crippen molar-refractivity contribution in [3.05, 3.63) is 65.5 Å². The Morgan fingerprint density at radius 1 is 0.919 bits per heavy atom. The molecule has 0 bridgehead atoms. The second-order valence-electron chi connectivity index (χ2n) is 9.79. The van der Waals surface area contributed by atoms with Crippen LogP contribution in [-0.2, 0) is 0 Å². The van der Waals surface area contributed by atoms with E-state index >= 15 is 0 Å². The van der Waals surface area contributed by atoms with Gasteiger partial charge in [0.05, 0.1) is 11.4 Å². The average Bonchev–Trinajstić information content (AvgIpc) is 3.46. The lowest BCUT2D eigenvalue weighted by Crippen LogP contribution is -2.54. The number of likely N-dealkylation sites (N-methyl/N-ethyl adjacent to an activating group) is 1. The van der Waals surface area contributed by atoms with Gasteiger partial charge in [0.2, 0.25) is 0 Å². The van der Waals surface area contributed by atoms with Crippen molar-refractivity contribution in [2.24, 2.45) is 0 Å². The third kappa shape index (κ3) is 6.06. The van der Waals surface area contributed by atoms with Crippen LogP contribution in [-0.4, -0.2) is 79.0 Å². The zero-order chi connectivity index (χ0) is 25.8. The van der Waals surface area contributed by atoms with Crippen molar-refractivity contribution >= 4 is 40.3 Å². The molecule has 1 aromatic heterocycles. The molecule has 9 heteroatoms. The van der Waals surface area contributed by atoms with Gasteiger partial charge in [-0.3, -0.25) is 4.79 Å². The molecule has 3 heterocycles. The summed E-state index contributed by atoms with van der Waals surface area (Å²) in [5.41, 5.74) is 9.83. The van der Waals surface area contributed by atoms with E-state index in [1.807, 2.05) is 69.8 Å². The van der Waals surface area contributed by atoms with E-state index in [9.17, 15) is 9.59 Å². The van der Waals surface area contributed by atoms with Crippen molar-refractivity contribution in [1.29, 1.82) is 0 Å². The summed E-state index contributed by atoms with van der Waals surface area (Å²) in [5, 5.41) is 8.54. The summed E-state index contributed by atoms with van der Waals surface area (Å²) in [6.45, 7) is 5.00. The molecule has 2 fully saturated rings. The van der Waals surface area contributed by atoms with Crippen molar-refractivity contribution < 1.29 is 9.59 Å². The number of benzene rings is 2. The number of carbonyl (C=O) groups excluding carboxylic acids is 2. The average molecular weight is 519 g/mol. The van der Waals surface area contributed by atoms with Gasteiger partial charge in [-0.25, -0.2) is 4.79 Å². The molecule has 2 aliphatic rings. The predicted molar refractivity (Wildman–Crippen MR) is 151 cm³/mol. The molecule has 0 saturated carbocycles. The van der Waals surface area contributed by atoms with E-state index < -0.39 is 0 Å². The molecule has 3 amide bonds. The Morgan fingerprint density at radius 2 is 1.62 bits per heavy atom. The number of likely N-dealkylation sites (tertiary alicyclic amines) is 1. The van der Waals surface area contributed by atoms with Gasteiger partial charge in [-0.1, -0.05) is 12.1 Å². The largest absolute Gasteiger partial charge is 0.397 e. The summed E-state index contributed by atoms with van der Waals surface area (Å²) in [6.07, 6.45) is 1.81. The minimum atomic E-state index is -0.197. The van der Waals surface area contributed by atoms with E-state index in [0.29, 0.717) is 23.0 Å². The zero-order valence-corrected chi connectivity index (χ0v) is 22.0. The quantitative estimate of drug-likeness (QED) is 0.433. The third-order valence-electron chi connectivity index (χ3n) is 7.16. The maximum atomic E-state index is 12.9. The van der Waals surface area contributed by atoms with Crippen molar-refractivity contribution in [1.82, 2.24) is 14.7 Å². The van der Waals surface area contributed by atoms with Crippen LogP contribution in [0.2, 0.25) is 0 Å². The van der Waals surface area contributed by atoms with Gasteiger partial charge in [-0.05, 0) is 73.3 Å². The molecule has 0 spiro atoms. The molecule has 3 aromatic rings. The Hall–Kier alpha value is -3.56. The minimum absolute atomic E-state index is 0.170. The van der Waals surface area contributed by atoms with Crippen molar-refractivity contribution in [2.45, 2.75) is 18.9 Å². The number of nitrogens with two attached hydrogens (primary N) is 1. The summed E-state index contributed by atoms with van der Waals surface area (Å²) < 4.78 is 0. The van der Waals surface area contributed by atoms with Gasteiger partial charge < -0.3 is 31.1 Å². The first-order chi connectivity index (χ1) is 18.0. The Morgan fingerprint density at radius 3 is 2.30 bits per heavy atom. The Kier molecular flexibility index (Phi) is 7.62. The number of nitrogens with zero attached hydrogens (tertiary/aromatic N) is 3. The summed E-state index contributed by atoms with van der Waals surface area (Å²) >= 11 is 1.65. The van der Waals surface area contributed by atoms with Gasteiger partial charge in [0.25, 0.3) is 5.91 Å². The minimum Gasteiger partial charge on any atom is -0.397 e. The number of carbonyl (C=O) groups is 2. The van der Waals surface area contributed by atoms with Crippen LogP contribution in [0.3, 0.4) is 0 Å². The van der Waals surface area contributed by atoms with Crippen LogP contribution in [0.4, 0.5) is 21.9 Å². The van der Waals surface area contributed by atoms with E-state index in [-0.39, 0.29) is 11.9 Å². The molecule has 2 saturated heterocycles. The van der Waals surface area contributed by atoms with Crippen LogP contribution in [0.1, 0.15) is 23.2 Å². The fourth-order valence-electron chi connectivity index (χ4n) is 4.82. The second kappa shape index (κ2) is 11.2. The highest BCUT2D eigenvalue weighted by Crippen LogP contribution is 2.30. The highest BCUT2D eigenvalue weighted by atomic mass is 32.1. The van der Waals surface area contributed by atoms with Crippen LogP contribution < -0.4 is 16.4 Å². The summed E-state index contributed by atoms with van der Waals surface area (Å²) in [7, 11) is 2.10. The lowest BCUT2D eigenvalue weighted by atomic mass is 10.0. The number of piperazine rings is 1. The number of piperidine rings is 1. The molecule has 0 unspecified atom stereocenters. The molecule has 2 aromatic carbocycles. The van der Waals surface area contributed by atoms with Crippen LogP contribution in [0, 0.1) is 0 Å². The Balaban J connectivity index is 1.13. The fraction of sp³-hybridized carbons (Fsp3) is 0.357. The molecule has 0 aliphatic carbocycles. The van der Waals surface area contributed by atoms with E-state index in [4.69, 9.17) is 5.73 Å². The summed E-state index contributed by atoms with van der Waals surface area (Å²) in [5.74, 6) is -0.197. The van der Waals surface area contributed by atoms with Crippen molar-refractivity contribution in [3.8, 4) is 10.4 Å². The standard InChI is InChI=1S/C28H34N6O2S/c1-32-14-16-34(17-15-32)28(36)33-12-10-23(11-13-33)30-22-7-4-20(5-8-22)27(35)31-25-19-21(6-9-24(25)29)26-3-2-18-37-26/h2-9,18-19,23,30H,10-17,29H2,1H3,(H,31,35). The predicted octanol–water partition coefficient (Wildman–Crippen LogP) is 4.49. The molecule has 5 rings (SSSR count). The molecular formula is C28H34N6O2S. The first-order valence-corrected chi connectivity index (χ1v) is 13.7. The van der Waals surface area contributed by atoms with Crippen molar-refractivity contribution in [3.63, 3.8) is 0 Å². The topological polar surface area (TPSA) is 93.9 Å². The SMILES string of the molecule is CN1CCN(C(=O)N2CCC(Nc3ccc(C(=O)Nc4cc(-c5cccs5)ccc4N)cc3)CC2)CC1.